The minimum atomic E-state index is 0.334. The summed E-state index contributed by atoms with van der Waals surface area (Å²) in [7, 11) is 1.63. The summed E-state index contributed by atoms with van der Waals surface area (Å²) >= 11 is 0. The quantitative estimate of drug-likeness (QED) is 0.632. The second-order valence-electron chi connectivity index (χ2n) is 4.09. The maximum absolute atomic E-state index is 5.83. The molecule has 2 aromatic rings. The van der Waals surface area contributed by atoms with E-state index >= 15 is 0 Å². The molecule has 0 fully saturated rings. The van der Waals surface area contributed by atoms with Crippen molar-refractivity contribution in [3.63, 3.8) is 0 Å². The number of nitrogens with one attached hydrogen (secondary N) is 1. The minimum Gasteiger partial charge on any atom is -0.497 e. The predicted octanol–water partition coefficient (Wildman–Crippen LogP) is 1.23. The number of ether oxygens (including phenoxy) is 1. The lowest BCUT2D eigenvalue weighted by Gasteiger charge is -2.06. The van der Waals surface area contributed by atoms with Gasteiger partial charge in [-0.1, -0.05) is 0 Å². The third-order valence-corrected chi connectivity index (χ3v) is 2.79. The van der Waals surface area contributed by atoms with Crippen molar-refractivity contribution < 1.29 is 4.74 Å². The summed E-state index contributed by atoms with van der Waals surface area (Å²) in [6, 6.07) is 7.44. The van der Waals surface area contributed by atoms with Crippen LogP contribution >= 0.6 is 0 Å². The van der Waals surface area contributed by atoms with Crippen molar-refractivity contribution in [1.82, 2.24) is 14.8 Å². The topological polar surface area (TPSA) is 90.4 Å². The van der Waals surface area contributed by atoms with Crippen LogP contribution in [0.5, 0.6) is 5.75 Å². The molecule has 1 heterocycles. The standard InChI is InChI=1S/C13H18N6O/c1-3-19-9-16-18-12(19)8-15-13(14)17-10-4-6-11(20-2)7-5-10/h4-7,9H,3,8H2,1-2H3,(H3,14,15,17). The Morgan fingerprint density at radius 2 is 2.15 bits per heavy atom. The fraction of sp³-hybridized carbons (Fsp3) is 0.308. The Hall–Kier alpha value is -2.57. The highest BCUT2D eigenvalue weighted by molar-refractivity contribution is 5.92. The zero-order chi connectivity index (χ0) is 14.4. The van der Waals surface area contributed by atoms with Crippen molar-refractivity contribution in [3.05, 3.63) is 36.4 Å². The van der Waals surface area contributed by atoms with Crippen LogP contribution in [0, 0.1) is 0 Å². The number of aromatic nitrogens is 3. The zero-order valence-electron chi connectivity index (χ0n) is 11.6. The smallest absolute Gasteiger partial charge is 0.193 e. The van der Waals surface area contributed by atoms with Crippen LogP contribution in [-0.2, 0) is 13.1 Å². The molecule has 0 bridgehead atoms. The van der Waals surface area contributed by atoms with Gasteiger partial charge in [0.25, 0.3) is 0 Å². The highest BCUT2D eigenvalue weighted by Crippen LogP contribution is 2.14. The molecule has 20 heavy (non-hydrogen) atoms. The fourth-order valence-electron chi connectivity index (χ4n) is 1.68. The number of hydrogen-bond acceptors (Lipinski definition) is 4. The normalized spacial score (nSPS) is 11.4. The predicted molar refractivity (Wildman–Crippen MR) is 77.6 cm³/mol. The SMILES string of the molecule is CCn1cnnc1CN=C(N)Nc1ccc(OC)cc1. The Morgan fingerprint density at radius 3 is 2.80 bits per heavy atom. The van der Waals surface area contributed by atoms with Crippen LogP contribution in [0.3, 0.4) is 0 Å². The van der Waals surface area contributed by atoms with Crippen molar-refractivity contribution in [2.24, 2.45) is 10.7 Å². The Kier molecular flexibility index (Phi) is 4.54. The maximum Gasteiger partial charge on any atom is 0.193 e. The number of nitrogens with zero attached hydrogens (tertiary/aromatic N) is 4. The monoisotopic (exact) mass is 274 g/mol. The first-order valence-electron chi connectivity index (χ1n) is 6.30. The average Bonchev–Trinajstić information content (AvgIpc) is 2.93. The van der Waals surface area contributed by atoms with Gasteiger partial charge < -0.3 is 20.4 Å². The molecule has 3 N–H and O–H groups in total. The van der Waals surface area contributed by atoms with Crippen LogP contribution in [0.15, 0.2) is 35.6 Å². The highest BCUT2D eigenvalue weighted by atomic mass is 16.5. The number of aliphatic imine (C=N–C) groups is 1. The lowest BCUT2D eigenvalue weighted by molar-refractivity contribution is 0.415. The number of anilines is 1. The summed E-state index contributed by atoms with van der Waals surface area (Å²) in [5.41, 5.74) is 6.69. The number of nitrogens with two attached hydrogens (primary N) is 1. The van der Waals surface area contributed by atoms with E-state index in [1.807, 2.05) is 35.8 Å². The van der Waals surface area contributed by atoms with E-state index in [1.54, 1.807) is 13.4 Å². The van der Waals surface area contributed by atoms with E-state index in [0.29, 0.717) is 12.5 Å². The third-order valence-electron chi connectivity index (χ3n) is 2.79. The largest absolute Gasteiger partial charge is 0.497 e. The molecule has 0 saturated heterocycles. The Labute approximate surface area is 117 Å². The van der Waals surface area contributed by atoms with Crippen molar-refractivity contribution >= 4 is 11.6 Å². The second-order valence-corrected chi connectivity index (χ2v) is 4.09. The van der Waals surface area contributed by atoms with Gasteiger partial charge in [-0.3, -0.25) is 0 Å². The van der Waals surface area contributed by atoms with E-state index in [2.05, 4.69) is 20.5 Å². The molecule has 0 spiro atoms. The van der Waals surface area contributed by atoms with Crippen LogP contribution in [0.2, 0.25) is 0 Å². The van der Waals surface area contributed by atoms with Gasteiger partial charge >= 0.3 is 0 Å². The molecule has 0 amide bonds. The Bertz CT molecular complexity index is 575. The molecule has 7 nitrogen and oxygen atoms in total. The highest BCUT2D eigenvalue weighted by Gasteiger charge is 2.02. The molecule has 0 atom stereocenters. The number of aryl methyl sites for hydroxylation is 1. The fourth-order valence-corrected chi connectivity index (χ4v) is 1.68. The van der Waals surface area contributed by atoms with E-state index < -0.39 is 0 Å². The molecular formula is C13H18N6O. The number of hydrogen-bond donors (Lipinski definition) is 2. The van der Waals surface area contributed by atoms with Crippen LogP contribution < -0.4 is 15.8 Å². The third kappa shape index (κ3) is 3.47. The molecule has 0 aliphatic rings. The Morgan fingerprint density at radius 1 is 1.40 bits per heavy atom. The van der Waals surface area contributed by atoms with Crippen molar-refractivity contribution in [2.45, 2.75) is 20.0 Å². The van der Waals surface area contributed by atoms with Gasteiger partial charge in [0.05, 0.1) is 7.11 Å². The molecule has 0 saturated carbocycles. The van der Waals surface area contributed by atoms with Gasteiger partial charge in [0.2, 0.25) is 0 Å². The number of benzene rings is 1. The van der Waals surface area contributed by atoms with E-state index in [4.69, 9.17) is 10.5 Å². The van der Waals surface area contributed by atoms with E-state index in [-0.39, 0.29) is 0 Å². The van der Waals surface area contributed by atoms with Gasteiger partial charge in [0.1, 0.15) is 18.6 Å². The number of methoxy groups -OCH3 is 1. The summed E-state index contributed by atoms with van der Waals surface area (Å²) < 4.78 is 7.01. The molecule has 0 radical (unpaired) electrons. The van der Waals surface area contributed by atoms with Gasteiger partial charge in [0.15, 0.2) is 11.8 Å². The van der Waals surface area contributed by atoms with Crippen LogP contribution in [-0.4, -0.2) is 27.8 Å². The van der Waals surface area contributed by atoms with Crippen LogP contribution in [0.25, 0.3) is 0 Å². The number of rotatable bonds is 5. The lowest BCUT2D eigenvalue weighted by Crippen LogP contribution is -2.22. The molecule has 1 aromatic heterocycles. The van der Waals surface area contributed by atoms with E-state index in [9.17, 15) is 0 Å². The van der Waals surface area contributed by atoms with E-state index in [1.165, 1.54) is 0 Å². The molecule has 1 aromatic carbocycles. The van der Waals surface area contributed by atoms with Gasteiger partial charge in [0, 0.05) is 12.2 Å². The zero-order valence-corrected chi connectivity index (χ0v) is 11.6. The minimum absolute atomic E-state index is 0.334. The maximum atomic E-state index is 5.83. The molecule has 0 aliphatic heterocycles. The Balaban J connectivity index is 1.96. The summed E-state index contributed by atoms with van der Waals surface area (Å²) in [5, 5.41) is 10.8. The molecule has 0 unspecified atom stereocenters. The lowest BCUT2D eigenvalue weighted by atomic mass is 10.3. The van der Waals surface area contributed by atoms with Crippen LogP contribution in [0.4, 0.5) is 5.69 Å². The van der Waals surface area contributed by atoms with Crippen molar-refractivity contribution in [2.75, 3.05) is 12.4 Å². The first-order valence-corrected chi connectivity index (χ1v) is 6.30. The molecule has 0 aliphatic carbocycles. The van der Waals surface area contributed by atoms with Gasteiger partial charge in [-0.25, -0.2) is 4.99 Å². The summed E-state index contributed by atoms with van der Waals surface area (Å²) in [5.74, 6) is 1.91. The summed E-state index contributed by atoms with van der Waals surface area (Å²) in [6.45, 7) is 3.22. The average molecular weight is 274 g/mol. The molecule has 7 heteroatoms. The van der Waals surface area contributed by atoms with Gasteiger partial charge in [-0.05, 0) is 31.2 Å². The van der Waals surface area contributed by atoms with E-state index in [0.717, 1.165) is 23.8 Å². The van der Waals surface area contributed by atoms with Gasteiger partial charge in [-0.15, -0.1) is 10.2 Å². The number of guanidine groups is 1. The summed E-state index contributed by atoms with van der Waals surface area (Å²) in [4.78, 5) is 4.24. The van der Waals surface area contributed by atoms with Gasteiger partial charge in [-0.2, -0.15) is 0 Å². The van der Waals surface area contributed by atoms with Crippen LogP contribution in [0.1, 0.15) is 12.7 Å². The second kappa shape index (κ2) is 6.55. The summed E-state index contributed by atoms with van der Waals surface area (Å²) in [6.07, 6.45) is 1.68. The van der Waals surface area contributed by atoms with Crippen molar-refractivity contribution in [3.8, 4) is 5.75 Å². The first kappa shape index (κ1) is 13.9. The van der Waals surface area contributed by atoms with Crippen molar-refractivity contribution in [1.29, 1.82) is 0 Å². The molecule has 106 valence electrons. The molecular weight excluding hydrogens is 256 g/mol. The first-order chi connectivity index (χ1) is 9.72. The molecule has 2 rings (SSSR count).